The summed E-state index contributed by atoms with van der Waals surface area (Å²) in [5.41, 5.74) is 5.78. The first-order valence-corrected chi connectivity index (χ1v) is 6.57. The molecule has 108 valence electrons. The number of hydrogen-bond donors (Lipinski definition) is 1. The minimum Gasteiger partial charge on any atom is -0.339 e. The van der Waals surface area contributed by atoms with Gasteiger partial charge in [-0.15, -0.1) is 0 Å². The summed E-state index contributed by atoms with van der Waals surface area (Å²) in [5.74, 6) is -0.386. The predicted octanol–water partition coefficient (Wildman–Crippen LogP) is 3.32. The molecule has 1 unspecified atom stereocenters. The fourth-order valence-electron chi connectivity index (χ4n) is 2.41. The summed E-state index contributed by atoms with van der Waals surface area (Å²) in [6.45, 7) is 1.91. The maximum absolute atomic E-state index is 12.6. The van der Waals surface area contributed by atoms with E-state index in [4.69, 9.17) is 10.3 Å². The molecule has 1 aromatic rings. The lowest BCUT2D eigenvalue weighted by atomic mass is 9.81. The topological polar surface area (TPSA) is 64.9 Å². The largest absolute Gasteiger partial charge is 0.391 e. The van der Waals surface area contributed by atoms with Gasteiger partial charge >= 0.3 is 6.18 Å². The van der Waals surface area contributed by atoms with Crippen molar-refractivity contribution < 1.29 is 17.7 Å². The maximum Gasteiger partial charge on any atom is 0.391 e. The highest BCUT2D eigenvalue weighted by Gasteiger charge is 2.42. The Bertz CT molecular complexity index is 411. The number of nitrogens with two attached hydrogens (primary N) is 1. The molecular weight excluding hydrogens is 259 g/mol. The van der Waals surface area contributed by atoms with Crippen molar-refractivity contribution in [2.24, 2.45) is 11.7 Å². The van der Waals surface area contributed by atoms with Crippen LogP contribution in [0.4, 0.5) is 13.2 Å². The molecule has 2 N–H and O–H groups in total. The van der Waals surface area contributed by atoms with E-state index >= 15 is 0 Å². The second kappa shape index (κ2) is 5.48. The van der Waals surface area contributed by atoms with Crippen molar-refractivity contribution in [1.82, 2.24) is 10.1 Å². The van der Waals surface area contributed by atoms with Crippen LogP contribution >= 0.6 is 0 Å². The number of hydrogen-bond acceptors (Lipinski definition) is 4. The molecule has 0 saturated heterocycles. The molecule has 0 radical (unpaired) electrons. The molecule has 1 atom stereocenters. The van der Waals surface area contributed by atoms with Gasteiger partial charge < -0.3 is 10.3 Å². The molecule has 0 spiro atoms. The Morgan fingerprint density at radius 2 is 1.95 bits per heavy atom. The van der Waals surface area contributed by atoms with E-state index in [1.807, 2.05) is 6.92 Å². The number of nitrogens with zero attached hydrogens (tertiary/aromatic N) is 2. The van der Waals surface area contributed by atoms with Gasteiger partial charge in [0.05, 0.1) is 12.0 Å². The Morgan fingerprint density at radius 1 is 1.32 bits per heavy atom. The molecule has 0 amide bonds. The number of rotatable bonds is 3. The highest BCUT2D eigenvalue weighted by molar-refractivity contribution is 4.99. The smallest absolute Gasteiger partial charge is 0.339 e. The third kappa shape index (κ3) is 3.26. The molecule has 1 aliphatic carbocycles. The minimum atomic E-state index is -4.09. The summed E-state index contributed by atoms with van der Waals surface area (Å²) in [4.78, 5) is 4.21. The zero-order valence-electron chi connectivity index (χ0n) is 10.8. The van der Waals surface area contributed by atoms with Crippen LogP contribution in [0.2, 0.25) is 0 Å². The van der Waals surface area contributed by atoms with Crippen LogP contribution in [-0.4, -0.2) is 16.3 Å². The molecule has 0 aliphatic heterocycles. The van der Waals surface area contributed by atoms with Crippen LogP contribution in [0.3, 0.4) is 0 Å². The van der Waals surface area contributed by atoms with Gasteiger partial charge in [0.25, 0.3) is 0 Å². The lowest BCUT2D eigenvalue weighted by Crippen LogP contribution is -2.27. The van der Waals surface area contributed by atoms with Crippen LogP contribution in [0.5, 0.6) is 0 Å². The second-order valence-electron chi connectivity index (χ2n) is 5.10. The predicted molar refractivity (Wildman–Crippen MR) is 62.3 cm³/mol. The Hall–Kier alpha value is -1.11. The van der Waals surface area contributed by atoms with Crippen molar-refractivity contribution in [1.29, 1.82) is 0 Å². The van der Waals surface area contributed by atoms with E-state index in [2.05, 4.69) is 10.1 Å². The van der Waals surface area contributed by atoms with E-state index in [-0.39, 0.29) is 24.8 Å². The van der Waals surface area contributed by atoms with Gasteiger partial charge in [0.2, 0.25) is 5.89 Å². The first kappa shape index (κ1) is 14.3. The quantitative estimate of drug-likeness (QED) is 0.920. The van der Waals surface area contributed by atoms with Gasteiger partial charge in [-0.05, 0) is 32.1 Å². The lowest BCUT2D eigenvalue weighted by molar-refractivity contribution is -0.182. The third-order valence-electron chi connectivity index (χ3n) is 3.77. The zero-order chi connectivity index (χ0) is 14.0. The molecule has 1 saturated carbocycles. The van der Waals surface area contributed by atoms with E-state index in [0.29, 0.717) is 31.0 Å². The maximum atomic E-state index is 12.6. The standard InChI is InChI=1S/C12H18F3N3O/c1-2-9(16)10-17-11(19-18-10)7-3-5-8(6-4-7)12(13,14)15/h7-9H,2-6,16H2,1H3. The van der Waals surface area contributed by atoms with Crippen molar-refractivity contribution in [3.63, 3.8) is 0 Å². The number of halogens is 3. The Morgan fingerprint density at radius 3 is 2.47 bits per heavy atom. The molecule has 1 heterocycles. The average Bonchev–Trinajstić information content (AvgIpc) is 2.86. The second-order valence-corrected chi connectivity index (χ2v) is 5.10. The summed E-state index contributed by atoms with van der Waals surface area (Å²) in [5, 5.41) is 3.80. The van der Waals surface area contributed by atoms with Gasteiger partial charge in [-0.3, -0.25) is 0 Å². The Kier molecular flexibility index (Phi) is 4.13. The van der Waals surface area contributed by atoms with E-state index < -0.39 is 12.1 Å². The highest BCUT2D eigenvalue weighted by atomic mass is 19.4. The normalized spacial score (nSPS) is 26.4. The fraction of sp³-hybridized carbons (Fsp3) is 0.833. The molecule has 7 heteroatoms. The highest BCUT2D eigenvalue weighted by Crippen LogP contribution is 2.42. The fourth-order valence-corrected chi connectivity index (χ4v) is 2.41. The van der Waals surface area contributed by atoms with Crippen LogP contribution < -0.4 is 5.73 Å². The summed E-state index contributed by atoms with van der Waals surface area (Å²) in [7, 11) is 0. The van der Waals surface area contributed by atoms with E-state index in [1.54, 1.807) is 0 Å². The van der Waals surface area contributed by atoms with Crippen LogP contribution in [0.1, 0.15) is 62.7 Å². The summed E-state index contributed by atoms with van der Waals surface area (Å²) >= 11 is 0. The van der Waals surface area contributed by atoms with Crippen molar-refractivity contribution in [3.8, 4) is 0 Å². The van der Waals surface area contributed by atoms with Crippen molar-refractivity contribution in [2.45, 2.75) is 57.2 Å². The molecule has 0 aromatic carbocycles. The first-order valence-electron chi connectivity index (χ1n) is 6.57. The minimum absolute atomic E-state index is 0.0658. The van der Waals surface area contributed by atoms with Gasteiger partial charge in [0, 0.05) is 5.92 Å². The molecule has 4 nitrogen and oxygen atoms in total. The molecule has 1 fully saturated rings. The summed E-state index contributed by atoms with van der Waals surface area (Å²) in [6.07, 6.45) is -2.26. The van der Waals surface area contributed by atoms with Crippen LogP contribution in [0, 0.1) is 5.92 Å². The van der Waals surface area contributed by atoms with Crippen molar-refractivity contribution in [2.75, 3.05) is 0 Å². The van der Waals surface area contributed by atoms with Gasteiger partial charge in [-0.2, -0.15) is 18.2 Å². The van der Waals surface area contributed by atoms with Crippen LogP contribution in [0.25, 0.3) is 0 Å². The SMILES string of the molecule is CCC(N)c1noc(C2CCC(C(F)(F)F)CC2)n1. The van der Waals surface area contributed by atoms with Gasteiger partial charge in [0.1, 0.15) is 0 Å². The average molecular weight is 277 g/mol. The Labute approximate surface area is 109 Å². The molecular formula is C12H18F3N3O. The van der Waals surface area contributed by atoms with Crippen LogP contribution in [0.15, 0.2) is 4.52 Å². The number of alkyl halides is 3. The van der Waals surface area contributed by atoms with E-state index in [9.17, 15) is 13.2 Å². The summed E-state index contributed by atoms with van der Waals surface area (Å²) in [6, 6.07) is -0.274. The van der Waals surface area contributed by atoms with Gasteiger partial charge in [-0.1, -0.05) is 12.1 Å². The van der Waals surface area contributed by atoms with Crippen molar-refractivity contribution in [3.05, 3.63) is 11.7 Å². The molecule has 0 bridgehead atoms. The molecule has 1 aliphatic rings. The molecule has 1 aromatic heterocycles. The zero-order valence-corrected chi connectivity index (χ0v) is 10.8. The van der Waals surface area contributed by atoms with E-state index in [0.717, 1.165) is 0 Å². The Balaban J connectivity index is 1.96. The van der Waals surface area contributed by atoms with E-state index in [1.165, 1.54) is 0 Å². The van der Waals surface area contributed by atoms with Crippen LogP contribution in [-0.2, 0) is 0 Å². The van der Waals surface area contributed by atoms with Gasteiger partial charge in [-0.25, -0.2) is 0 Å². The summed E-state index contributed by atoms with van der Waals surface area (Å²) < 4.78 is 42.8. The third-order valence-corrected chi connectivity index (χ3v) is 3.77. The number of aromatic nitrogens is 2. The van der Waals surface area contributed by atoms with Crippen molar-refractivity contribution >= 4 is 0 Å². The lowest BCUT2D eigenvalue weighted by Gasteiger charge is -2.27. The first-order chi connectivity index (χ1) is 8.91. The van der Waals surface area contributed by atoms with Gasteiger partial charge in [0.15, 0.2) is 5.82 Å². The monoisotopic (exact) mass is 277 g/mol. The molecule has 19 heavy (non-hydrogen) atoms. The molecule has 2 rings (SSSR count).